The van der Waals surface area contributed by atoms with Gasteiger partial charge in [-0.3, -0.25) is 0 Å². The fraction of sp³-hybridized carbons (Fsp3) is 0.607. The number of fused-ring (bicyclic) bond motifs is 4. The molecule has 0 saturated carbocycles. The molecule has 0 radical (unpaired) electrons. The Labute approximate surface area is 527 Å². The van der Waals surface area contributed by atoms with Crippen LogP contribution < -0.4 is 22.9 Å². The number of hydrogen-bond donors (Lipinski definition) is 10. The Morgan fingerprint density at radius 3 is 1.36 bits per heavy atom. The van der Waals surface area contributed by atoms with Crippen molar-refractivity contribution in [1.29, 1.82) is 0 Å². The number of aliphatic hydroxyl groups excluding tert-OH is 5. The van der Waals surface area contributed by atoms with E-state index in [2.05, 4.69) is 125 Å². The number of nitrogens with zero attached hydrogens (tertiary/aromatic N) is 8. The molecular weight excluding hydrogens is 1220 g/mol. The van der Waals surface area contributed by atoms with E-state index in [-0.39, 0.29) is 0 Å². The second-order valence-corrected chi connectivity index (χ2v) is 45.2. The van der Waals surface area contributed by atoms with Crippen LogP contribution in [-0.4, -0.2) is 286 Å². The lowest BCUT2D eigenvalue weighted by molar-refractivity contribution is -0.181. The summed E-state index contributed by atoms with van der Waals surface area (Å²) in [7, 11) is 0. The van der Waals surface area contributed by atoms with Crippen molar-refractivity contribution in [3.63, 3.8) is 0 Å². The lowest BCUT2D eigenvalue weighted by Crippen LogP contribution is -2.51. The zero-order valence-electron chi connectivity index (χ0n) is 54.0. The van der Waals surface area contributed by atoms with Gasteiger partial charge in [0, 0.05) is 30.4 Å². The number of hydrogen-bond acceptors (Lipinski definition) is 24. The van der Waals surface area contributed by atoms with E-state index in [9.17, 15) is 30.6 Å². The maximum Gasteiger partial charge on any atom is 0.166 e. The quantitative estimate of drug-likeness (QED) is 0.0993. The minimum Gasteiger partial charge on any atom is -0.387 e. The summed E-state index contributed by atoms with van der Waals surface area (Å²) in [5.41, 5.74) is 20.0. The van der Waals surface area contributed by atoms with Crippen molar-refractivity contribution >= 4 is 76.1 Å². The monoisotopic (exact) mass is 1320 g/mol. The second-order valence-electron chi connectivity index (χ2n) is 27.9. The first-order valence-electron chi connectivity index (χ1n) is 29.6. The molecule has 4 bridgehead atoms. The normalized spacial score (nSPS) is 36.7. The van der Waals surface area contributed by atoms with Crippen molar-refractivity contribution < 1.29 is 59.1 Å². The summed E-state index contributed by atoms with van der Waals surface area (Å²) in [4.78, 5) is 23.3. The van der Waals surface area contributed by atoms with Crippen molar-refractivity contribution in [2.45, 2.75) is 143 Å². The van der Waals surface area contributed by atoms with E-state index in [4.69, 9.17) is 51.4 Å². The average molecular weight is 1320 g/mol. The first-order valence-corrected chi connectivity index (χ1v) is 41.9. The summed E-state index contributed by atoms with van der Waals surface area (Å²) < 4.78 is 36.1. The first-order chi connectivity index (χ1) is 40.9. The van der Waals surface area contributed by atoms with Gasteiger partial charge in [-0.25, -0.2) is 20.0 Å². The zero-order chi connectivity index (χ0) is 66.5. The van der Waals surface area contributed by atoms with Crippen molar-refractivity contribution in [3.05, 3.63) is 98.2 Å². The largest absolute Gasteiger partial charge is 0.387 e. The summed E-state index contributed by atoms with van der Waals surface area (Å²) in [5.74, 6) is 3.31. The van der Waals surface area contributed by atoms with Crippen LogP contribution in [0.5, 0.6) is 0 Å². The molecule has 0 aromatic rings. The highest BCUT2D eigenvalue weighted by Crippen LogP contribution is 2.51. The van der Waals surface area contributed by atoms with Crippen molar-refractivity contribution in [2.24, 2.45) is 42.9 Å². The predicted molar refractivity (Wildman–Crippen MR) is 370 cm³/mol. The van der Waals surface area contributed by atoms with Crippen LogP contribution in [0, 0.1) is 0 Å². The molecule has 0 amide bonds. The molecule has 24 nitrogen and oxygen atoms in total. The molecule has 10 aliphatic rings. The number of nitrogens with two attached hydrogens (primary N) is 4. The molecule has 28 heteroatoms. The lowest BCUT2D eigenvalue weighted by Gasteiger charge is -2.37. The zero-order valence-corrected chi connectivity index (χ0v) is 57.6. The maximum atomic E-state index is 10.7. The van der Waals surface area contributed by atoms with Gasteiger partial charge in [0.05, 0.1) is 24.9 Å². The topological polar surface area (TPSA) is 343 Å². The number of aliphatic hydroxyl groups is 6. The van der Waals surface area contributed by atoms with Crippen molar-refractivity contribution in [3.8, 4) is 0 Å². The van der Waals surface area contributed by atoms with Gasteiger partial charge < -0.3 is 102 Å². The molecule has 10 heterocycles. The van der Waals surface area contributed by atoms with Gasteiger partial charge in [-0.15, -0.1) is 52.7 Å². The molecule has 4 unspecified atom stereocenters. The Kier molecular flexibility index (Phi) is 21.9. The summed E-state index contributed by atoms with van der Waals surface area (Å²) in [5, 5.41) is 63.2. The van der Waals surface area contributed by atoms with Crippen LogP contribution in [0.4, 0.5) is 0 Å². The van der Waals surface area contributed by atoms with Crippen LogP contribution in [0.2, 0.25) is 0 Å². The SMILES string of the molecule is C=C1N=C(N)C(C)=CN1C1O[C@@]2(CCP(=C)(C)C)CO[C@@H]1[C@@H]2O.C=C1N=C(N)C=CN1C1O[C@@]2(CCP(=C)(C)C)CO[C@@H]1[C@@H]2O.C=C1N=C(N)C=CN1C1O[C@H](CCP(=C)(C)C)[C@@H](O)[C@@]1(C)O.C=C1N=C(N)C=CN1C1O[C@](C)(CCP(=C)(C)C)[C@@H](O)[C@H]1O. The Hall–Kier alpha value is -4.28. The smallest absolute Gasteiger partial charge is 0.166 e. The van der Waals surface area contributed by atoms with Gasteiger partial charge in [0.25, 0.3) is 0 Å². The van der Waals surface area contributed by atoms with Gasteiger partial charge in [0.2, 0.25) is 0 Å². The minimum atomic E-state index is -1.43. The fourth-order valence-corrected chi connectivity index (χ4v) is 15.5. The summed E-state index contributed by atoms with van der Waals surface area (Å²) in [6, 6.07) is 0. The van der Waals surface area contributed by atoms with Crippen molar-refractivity contribution in [1.82, 2.24) is 19.6 Å². The summed E-state index contributed by atoms with van der Waals surface area (Å²) >= 11 is 0. The highest BCUT2D eigenvalue weighted by molar-refractivity contribution is 7.73. The van der Waals surface area contributed by atoms with Gasteiger partial charge in [-0.2, -0.15) is 0 Å². The molecule has 16 atom stereocenters. The molecular formula is C61H102N12O12P4. The number of ether oxygens (including phenoxy) is 6. The molecule has 10 rings (SSSR count). The van der Waals surface area contributed by atoms with Crippen LogP contribution in [0.3, 0.4) is 0 Å². The number of amidine groups is 4. The molecule has 10 aliphatic heterocycles. The van der Waals surface area contributed by atoms with Gasteiger partial charge in [0.1, 0.15) is 106 Å². The van der Waals surface area contributed by atoms with Crippen LogP contribution >= 0.6 is 27.5 Å². The van der Waals surface area contributed by atoms with Crippen LogP contribution in [0.15, 0.2) is 118 Å². The van der Waals surface area contributed by atoms with E-state index in [1.54, 1.807) is 58.5 Å². The molecule has 0 aromatic carbocycles. The fourth-order valence-electron chi connectivity index (χ4n) is 11.5. The maximum absolute atomic E-state index is 10.7. The molecule has 89 heavy (non-hydrogen) atoms. The molecule has 6 fully saturated rings. The number of aliphatic imine (C=N–C) groups is 4. The standard InChI is InChI=1S/C16H26N3O3P.C15H24N3O3P.2C15H26N3O3P/c1-10-8-19(11(2)18-14(10)17)15-12-13(20)16(22-15,9-21-12)6-7-23(3,4)5;1-10-17-11(16)5-7-18(10)14-12-13(19)15(21-14,9-20-12)6-8-22(2,3)4;1-10-17-12(16)6-8-18(10)14-15(2,20)13(19)11(21-14)7-9-22(3,4)5;1-10-17-11(16)6-8-18(10)14-12(19)13(20)15(2,21-14)7-9-22(3,4)5/h8,12-13,15,20H,2-3,6-7,9H2,1,4-5H3,(H2,17,18);5,7,12-14,19H,1-2,6,8-9H2,3-4H3,(H2,16,17);6,8,11,13-14,19-20H,1,3,7,9H2,2,4-5H3,(H2,16,17);6,8,12-14,19-20H,1,3,7,9H2,2,4-5H3,(H2,16,17)/t12-,13+,15?,16+;12-,13+,14?,15+;11-,13-,14?,15-;12-,13+,14?,15-/m1111/s1. The Bertz CT molecular complexity index is 3150. The second kappa shape index (κ2) is 27.0. The Morgan fingerprint density at radius 1 is 0.539 bits per heavy atom. The van der Waals surface area contributed by atoms with E-state index in [1.165, 1.54) is 0 Å². The van der Waals surface area contributed by atoms with Gasteiger partial charge in [0.15, 0.2) is 24.9 Å². The van der Waals surface area contributed by atoms with E-state index in [0.717, 1.165) is 43.1 Å². The predicted octanol–water partition coefficient (Wildman–Crippen LogP) is 2.75. The van der Waals surface area contributed by atoms with Crippen LogP contribution in [0.25, 0.3) is 0 Å². The third-order valence-corrected chi connectivity index (χ3v) is 22.9. The van der Waals surface area contributed by atoms with E-state index < -0.39 is 124 Å². The highest BCUT2D eigenvalue weighted by atomic mass is 31.2. The average Bonchev–Trinajstić information content (AvgIpc) is 1.61. The van der Waals surface area contributed by atoms with E-state index in [1.807, 2.05) is 24.9 Å². The Morgan fingerprint density at radius 2 is 0.933 bits per heavy atom. The molecule has 0 aliphatic carbocycles. The third-order valence-electron chi connectivity index (χ3n) is 17.2. The van der Waals surface area contributed by atoms with Gasteiger partial charge in [-0.05, 0) is 143 Å². The highest BCUT2D eigenvalue weighted by Gasteiger charge is 2.64. The molecule has 498 valence electrons. The molecule has 14 N–H and O–H groups in total. The number of rotatable bonds is 16. The third kappa shape index (κ3) is 16.7. The summed E-state index contributed by atoms with van der Waals surface area (Å²) in [6.07, 6.45) is 27.3. The minimum absolute atomic E-state index is 0.347. The lowest BCUT2D eigenvalue weighted by atomic mass is 9.94. The van der Waals surface area contributed by atoms with Crippen LogP contribution in [-0.2, 0) is 28.4 Å². The molecule has 6 saturated heterocycles. The Balaban J connectivity index is 0.000000169. The molecule has 0 aromatic heterocycles. The van der Waals surface area contributed by atoms with Crippen LogP contribution in [0.1, 0.15) is 46.5 Å². The van der Waals surface area contributed by atoms with Gasteiger partial charge in [-0.1, -0.05) is 26.3 Å². The van der Waals surface area contributed by atoms with Gasteiger partial charge >= 0.3 is 0 Å². The first kappa shape index (κ1) is 72.2. The van der Waals surface area contributed by atoms with Crippen molar-refractivity contribution in [2.75, 3.05) is 91.2 Å². The molecule has 0 spiro atoms. The van der Waals surface area contributed by atoms with E-state index in [0.29, 0.717) is 72.7 Å². The van der Waals surface area contributed by atoms with E-state index >= 15 is 0 Å². The summed E-state index contributed by atoms with van der Waals surface area (Å²) in [6.45, 7) is 34.0.